The summed E-state index contributed by atoms with van der Waals surface area (Å²) in [6.45, 7) is 7.60. The number of hydrogen-bond donors (Lipinski definition) is 0. The Morgan fingerprint density at radius 2 is 1.88 bits per heavy atom. The fourth-order valence-electron chi connectivity index (χ4n) is 3.00. The molecular formula is C18H23N5O3. The minimum Gasteiger partial charge on any atom is -0.459 e. The van der Waals surface area contributed by atoms with Crippen molar-refractivity contribution in [3.63, 3.8) is 0 Å². The Hall–Kier alpha value is -2.90. The average molecular weight is 357 g/mol. The number of piperazine rings is 1. The Morgan fingerprint density at radius 1 is 1.15 bits per heavy atom. The van der Waals surface area contributed by atoms with Crippen molar-refractivity contribution >= 4 is 17.6 Å². The van der Waals surface area contributed by atoms with Gasteiger partial charge in [-0.3, -0.25) is 9.59 Å². The van der Waals surface area contributed by atoms with E-state index in [1.165, 1.54) is 12.6 Å². The lowest BCUT2D eigenvalue weighted by molar-refractivity contribution is 0.0714. The number of carbonyl (C=O) groups is 2. The van der Waals surface area contributed by atoms with Crippen molar-refractivity contribution < 1.29 is 14.0 Å². The molecule has 3 rings (SSSR count). The average Bonchev–Trinajstić information content (AvgIpc) is 3.23. The van der Waals surface area contributed by atoms with Gasteiger partial charge in [0.1, 0.15) is 17.8 Å². The van der Waals surface area contributed by atoms with Gasteiger partial charge in [0.25, 0.3) is 11.8 Å². The van der Waals surface area contributed by atoms with Gasteiger partial charge in [-0.2, -0.15) is 0 Å². The summed E-state index contributed by atoms with van der Waals surface area (Å²) in [5.41, 5.74) is 0.396. The van der Waals surface area contributed by atoms with Gasteiger partial charge in [0.05, 0.1) is 6.26 Å². The van der Waals surface area contributed by atoms with Crippen molar-refractivity contribution in [3.8, 4) is 0 Å². The van der Waals surface area contributed by atoms with Crippen LogP contribution in [0.25, 0.3) is 0 Å². The topological polar surface area (TPSA) is 82.8 Å². The van der Waals surface area contributed by atoms with Gasteiger partial charge in [-0.1, -0.05) is 0 Å². The quantitative estimate of drug-likeness (QED) is 0.807. The van der Waals surface area contributed by atoms with Gasteiger partial charge < -0.3 is 19.1 Å². The minimum absolute atomic E-state index is 0.0923. The summed E-state index contributed by atoms with van der Waals surface area (Å²) in [6.07, 6.45) is 2.92. The van der Waals surface area contributed by atoms with E-state index in [-0.39, 0.29) is 11.8 Å². The molecule has 1 fully saturated rings. The number of furan rings is 1. The summed E-state index contributed by atoms with van der Waals surface area (Å²) in [4.78, 5) is 38.8. The van der Waals surface area contributed by atoms with E-state index in [4.69, 9.17) is 4.42 Å². The first-order chi connectivity index (χ1) is 12.6. The molecule has 0 unspecified atom stereocenters. The lowest BCUT2D eigenvalue weighted by atomic mass is 10.2. The second kappa shape index (κ2) is 7.99. The third-order valence-electron chi connectivity index (χ3n) is 4.55. The number of aromatic nitrogens is 2. The predicted molar refractivity (Wildman–Crippen MR) is 96.1 cm³/mol. The Labute approximate surface area is 152 Å². The Morgan fingerprint density at radius 3 is 2.50 bits per heavy atom. The number of anilines is 1. The van der Waals surface area contributed by atoms with Crippen molar-refractivity contribution in [2.75, 3.05) is 44.2 Å². The lowest BCUT2D eigenvalue weighted by Gasteiger charge is -2.35. The molecule has 8 heteroatoms. The first-order valence-electron chi connectivity index (χ1n) is 8.83. The van der Waals surface area contributed by atoms with E-state index in [1.807, 2.05) is 13.8 Å². The van der Waals surface area contributed by atoms with Gasteiger partial charge >= 0.3 is 0 Å². The molecule has 1 saturated heterocycles. The molecule has 2 aromatic rings. The summed E-state index contributed by atoms with van der Waals surface area (Å²) in [6, 6.07) is 5.10. The number of carbonyl (C=O) groups excluding carboxylic acids is 2. The molecule has 2 aromatic heterocycles. The van der Waals surface area contributed by atoms with Crippen LogP contribution in [-0.4, -0.2) is 70.9 Å². The molecule has 0 saturated carbocycles. The van der Waals surface area contributed by atoms with Gasteiger partial charge in [-0.15, -0.1) is 0 Å². The molecular weight excluding hydrogens is 334 g/mol. The van der Waals surface area contributed by atoms with E-state index >= 15 is 0 Å². The second-order valence-electron chi connectivity index (χ2n) is 6.00. The van der Waals surface area contributed by atoms with Crippen LogP contribution < -0.4 is 4.90 Å². The standard InChI is InChI=1S/C18H23N5O3/c1-3-21(4-2)17(24)14-12-16(20-13-19-14)22-7-9-23(10-8-22)18(25)15-6-5-11-26-15/h5-6,11-13H,3-4,7-10H2,1-2H3. The maximum absolute atomic E-state index is 12.5. The third-order valence-corrected chi connectivity index (χ3v) is 4.55. The van der Waals surface area contributed by atoms with Crippen molar-refractivity contribution in [3.05, 3.63) is 42.2 Å². The van der Waals surface area contributed by atoms with E-state index in [1.54, 1.807) is 28.0 Å². The molecule has 0 atom stereocenters. The van der Waals surface area contributed by atoms with Crippen LogP contribution in [0.15, 0.2) is 35.2 Å². The van der Waals surface area contributed by atoms with Crippen LogP contribution in [0.5, 0.6) is 0 Å². The molecule has 0 aliphatic carbocycles. The number of nitrogens with zero attached hydrogens (tertiary/aromatic N) is 5. The zero-order chi connectivity index (χ0) is 18.5. The summed E-state index contributed by atoms with van der Waals surface area (Å²) < 4.78 is 5.18. The summed E-state index contributed by atoms with van der Waals surface area (Å²) in [5.74, 6) is 0.869. The molecule has 138 valence electrons. The highest BCUT2D eigenvalue weighted by Gasteiger charge is 2.25. The van der Waals surface area contributed by atoms with Crippen LogP contribution in [0, 0.1) is 0 Å². The molecule has 0 radical (unpaired) electrons. The Kier molecular flexibility index (Phi) is 5.50. The van der Waals surface area contributed by atoms with Crippen molar-refractivity contribution in [1.29, 1.82) is 0 Å². The highest BCUT2D eigenvalue weighted by Crippen LogP contribution is 2.16. The molecule has 2 amide bonds. The van der Waals surface area contributed by atoms with Crippen LogP contribution in [-0.2, 0) is 0 Å². The second-order valence-corrected chi connectivity index (χ2v) is 6.00. The largest absolute Gasteiger partial charge is 0.459 e. The number of amides is 2. The van der Waals surface area contributed by atoms with E-state index in [0.29, 0.717) is 56.5 Å². The summed E-state index contributed by atoms with van der Waals surface area (Å²) >= 11 is 0. The third kappa shape index (κ3) is 3.68. The van der Waals surface area contributed by atoms with Crippen LogP contribution in [0.1, 0.15) is 34.9 Å². The maximum Gasteiger partial charge on any atom is 0.289 e. The minimum atomic E-state index is -0.102. The van der Waals surface area contributed by atoms with Crippen molar-refractivity contribution in [2.24, 2.45) is 0 Å². The van der Waals surface area contributed by atoms with Crippen LogP contribution in [0.4, 0.5) is 5.82 Å². The highest BCUT2D eigenvalue weighted by atomic mass is 16.3. The van der Waals surface area contributed by atoms with Gasteiger partial charge in [-0.25, -0.2) is 9.97 Å². The van der Waals surface area contributed by atoms with Crippen molar-refractivity contribution in [2.45, 2.75) is 13.8 Å². The smallest absolute Gasteiger partial charge is 0.289 e. The lowest BCUT2D eigenvalue weighted by Crippen LogP contribution is -2.49. The normalized spacial score (nSPS) is 14.4. The summed E-state index contributed by atoms with van der Waals surface area (Å²) in [7, 11) is 0. The first kappa shape index (κ1) is 17.9. The summed E-state index contributed by atoms with van der Waals surface area (Å²) in [5, 5.41) is 0. The maximum atomic E-state index is 12.5. The van der Waals surface area contributed by atoms with Gasteiger partial charge in [0, 0.05) is 45.3 Å². The molecule has 8 nitrogen and oxygen atoms in total. The number of rotatable bonds is 5. The molecule has 1 aliphatic heterocycles. The Bertz CT molecular complexity index is 750. The molecule has 0 aromatic carbocycles. The zero-order valence-electron chi connectivity index (χ0n) is 15.1. The molecule has 26 heavy (non-hydrogen) atoms. The molecule has 0 bridgehead atoms. The molecule has 0 N–H and O–H groups in total. The van der Waals surface area contributed by atoms with Gasteiger partial charge in [0.2, 0.25) is 0 Å². The van der Waals surface area contributed by atoms with E-state index in [2.05, 4.69) is 14.9 Å². The van der Waals surface area contributed by atoms with Crippen LogP contribution >= 0.6 is 0 Å². The van der Waals surface area contributed by atoms with Crippen LogP contribution in [0.3, 0.4) is 0 Å². The fraction of sp³-hybridized carbons (Fsp3) is 0.444. The van der Waals surface area contributed by atoms with E-state index in [0.717, 1.165) is 0 Å². The monoisotopic (exact) mass is 357 g/mol. The number of hydrogen-bond acceptors (Lipinski definition) is 6. The van der Waals surface area contributed by atoms with Crippen molar-refractivity contribution in [1.82, 2.24) is 19.8 Å². The molecule has 0 spiro atoms. The molecule has 1 aliphatic rings. The zero-order valence-corrected chi connectivity index (χ0v) is 15.1. The predicted octanol–water partition coefficient (Wildman–Crippen LogP) is 1.51. The van der Waals surface area contributed by atoms with E-state index < -0.39 is 0 Å². The van der Waals surface area contributed by atoms with Crippen LogP contribution in [0.2, 0.25) is 0 Å². The highest BCUT2D eigenvalue weighted by molar-refractivity contribution is 5.93. The SMILES string of the molecule is CCN(CC)C(=O)c1cc(N2CCN(C(=O)c3ccco3)CC2)ncn1. The van der Waals surface area contributed by atoms with Gasteiger partial charge in [0.15, 0.2) is 5.76 Å². The van der Waals surface area contributed by atoms with E-state index in [9.17, 15) is 9.59 Å². The first-order valence-corrected chi connectivity index (χ1v) is 8.83. The van der Waals surface area contributed by atoms with Gasteiger partial charge in [-0.05, 0) is 26.0 Å². The molecule has 3 heterocycles. The Balaban J connectivity index is 1.65. The fourth-order valence-corrected chi connectivity index (χ4v) is 3.00.